The Morgan fingerprint density at radius 2 is 1.91 bits per heavy atom. The van der Waals surface area contributed by atoms with E-state index in [4.69, 9.17) is 5.73 Å². The number of hydrogen-bond donors (Lipinski definition) is 2. The lowest BCUT2D eigenvalue weighted by molar-refractivity contribution is -0.141. The van der Waals surface area contributed by atoms with Gasteiger partial charge in [-0.15, -0.1) is 0 Å². The number of hydrogen-bond acceptors (Lipinski definition) is 7. The lowest BCUT2D eigenvalue weighted by atomic mass is 10.1. The van der Waals surface area contributed by atoms with E-state index in [0.29, 0.717) is 30.2 Å². The van der Waals surface area contributed by atoms with Gasteiger partial charge in [0.15, 0.2) is 0 Å². The molecule has 166 valence electrons. The molecular weight excluding hydrogens is 423 g/mol. The normalized spacial score (nSPS) is 16.2. The highest BCUT2D eigenvalue weighted by Gasteiger charge is 2.33. The van der Waals surface area contributed by atoms with Crippen LogP contribution in [-0.2, 0) is 11.0 Å². The van der Waals surface area contributed by atoms with Crippen molar-refractivity contribution in [1.29, 1.82) is 0 Å². The van der Waals surface area contributed by atoms with E-state index in [1.54, 1.807) is 29.4 Å². The average Bonchev–Trinajstić information content (AvgIpc) is 3.23. The number of carbonyl (C=O) groups is 1. The maximum Gasteiger partial charge on any atom is 0.433 e. The van der Waals surface area contributed by atoms with Gasteiger partial charge in [-0.1, -0.05) is 6.07 Å². The first-order valence-corrected chi connectivity index (χ1v) is 9.88. The fourth-order valence-electron chi connectivity index (χ4n) is 3.65. The van der Waals surface area contributed by atoms with Gasteiger partial charge in [0.2, 0.25) is 17.8 Å². The average molecular weight is 443 g/mol. The Morgan fingerprint density at radius 3 is 2.59 bits per heavy atom. The zero-order valence-electron chi connectivity index (χ0n) is 17.1. The van der Waals surface area contributed by atoms with Gasteiger partial charge in [-0.3, -0.25) is 4.79 Å². The van der Waals surface area contributed by atoms with E-state index in [2.05, 4.69) is 25.3 Å². The van der Waals surface area contributed by atoms with E-state index in [-0.39, 0.29) is 5.95 Å². The van der Waals surface area contributed by atoms with Crippen LogP contribution in [0.4, 0.5) is 30.8 Å². The van der Waals surface area contributed by atoms with Gasteiger partial charge < -0.3 is 16.0 Å². The van der Waals surface area contributed by atoms with Crippen molar-refractivity contribution in [2.75, 3.05) is 16.8 Å². The van der Waals surface area contributed by atoms with Crippen LogP contribution in [0.5, 0.6) is 0 Å². The van der Waals surface area contributed by atoms with Gasteiger partial charge >= 0.3 is 6.18 Å². The number of rotatable bonds is 5. The Bertz CT molecular complexity index is 1130. The molecule has 32 heavy (non-hydrogen) atoms. The Kier molecular flexibility index (Phi) is 5.64. The third kappa shape index (κ3) is 4.61. The second kappa shape index (κ2) is 8.40. The number of aromatic nitrogens is 4. The van der Waals surface area contributed by atoms with E-state index in [1.807, 2.05) is 13.0 Å². The minimum Gasteiger partial charge on any atom is -0.368 e. The zero-order chi connectivity index (χ0) is 22.9. The van der Waals surface area contributed by atoms with Crippen molar-refractivity contribution in [2.24, 2.45) is 5.73 Å². The van der Waals surface area contributed by atoms with Crippen LogP contribution < -0.4 is 16.0 Å². The first kappa shape index (κ1) is 21.5. The van der Waals surface area contributed by atoms with Crippen LogP contribution in [0, 0.1) is 6.92 Å². The van der Waals surface area contributed by atoms with E-state index < -0.39 is 23.8 Å². The number of carbonyl (C=O) groups excluding carboxylic acids is 1. The third-order valence-electron chi connectivity index (χ3n) is 5.09. The zero-order valence-corrected chi connectivity index (χ0v) is 17.1. The number of aryl methyl sites for hydroxylation is 1. The molecule has 0 saturated carbocycles. The summed E-state index contributed by atoms with van der Waals surface area (Å²) in [6.45, 7) is 2.51. The smallest absolute Gasteiger partial charge is 0.368 e. The van der Waals surface area contributed by atoms with Crippen molar-refractivity contribution in [1.82, 2.24) is 19.9 Å². The first-order chi connectivity index (χ1) is 15.2. The molecule has 0 aliphatic carbocycles. The number of nitrogens with zero attached hydrogens (tertiary/aromatic N) is 5. The highest BCUT2D eigenvalue weighted by molar-refractivity contribution is 5.83. The standard InChI is InChI=1S/C21H20F3N7O/c1-12-7-13(9-15(8-12)29-19-26-5-4-17(30-19)21(22,23)24)14-10-27-20(28-11-14)31-6-2-3-16(31)18(25)32/h4-5,7-11,16H,2-3,6H2,1H3,(H2,25,32)(H,26,29,30). The minimum atomic E-state index is -4.56. The Hall–Kier alpha value is -3.76. The van der Waals surface area contributed by atoms with Gasteiger partial charge in [0.05, 0.1) is 0 Å². The molecule has 0 bridgehead atoms. The number of nitrogens with two attached hydrogens (primary N) is 1. The summed E-state index contributed by atoms with van der Waals surface area (Å²) in [7, 11) is 0. The summed E-state index contributed by atoms with van der Waals surface area (Å²) in [5.41, 5.74) is 7.30. The summed E-state index contributed by atoms with van der Waals surface area (Å²) >= 11 is 0. The van der Waals surface area contributed by atoms with Gasteiger partial charge in [0.1, 0.15) is 11.7 Å². The molecule has 4 rings (SSSR count). The molecule has 2 aromatic heterocycles. The molecular formula is C21H20F3N7O. The van der Waals surface area contributed by atoms with Crippen molar-refractivity contribution in [3.8, 4) is 11.1 Å². The van der Waals surface area contributed by atoms with Gasteiger partial charge in [0, 0.05) is 36.4 Å². The van der Waals surface area contributed by atoms with Crippen molar-refractivity contribution >= 4 is 23.5 Å². The van der Waals surface area contributed by atoms with Crippen molar-refractivity contribution in [3.05, 3.63) is 54.1 Å². The van der Waals surface area contributed by atoms with Crippen molar-refractivity contribution in [3.63, 3.8) is 0 Å². The van der Waals surface area contributed by atoms with Crippen LogP contribution in [-0.4, -0.2) is 38.4 Å². The SMILES string of the molecule is Cc1cc(Nc2nccc(C(F)(F)F)n2)cc(-c2cnc(N3CCCC3C(N)=O)nc2)c1. The Balaban J connectivity index is 1.57. The van der Waals surface area contributed by atoms with Crippen molar-refractivity contribution < 1.29 is 18.0 Å². The van der Waals surface area contributed by atoms with Gasteiger partial charge in [-0.05, 0) is 49.1 Å². The monoisotopic (exact) mass is 443 g/mol. The molecule has 1 atom stereocenters. The maximum absolute atomic E-state index is 12.9. The van der Waals surface area contributed by atoms with E-state index in [0.717, 1.165) is 29.8 Å². The molecule has 1 aromatic carbocycles. The molecule has 1 unspecified atom stereocenters. The highest BCUT2D eigenvalue weighted by atomic mass is 19.4. The largest absolute Gasteiger partial charge is 0.433 e. The van der Waals surface area contributed by atoms with Gasteiger partial charge in [-0.25, -0.2) is 19.9 Å². The number of anilines is 3. The fraction of sp³-hybridized carbons (Fsp3) is 0.286. The molecule has 0 radical (unpaired) electrons. The topological polar surface area (TPSA) is 110 Å². The number of benzene rings is 1. The quantitative estimate of drug-likeness (QED) is 0.621. The predicted octanol–water partition coefficient (Wildman–Crippen LogP) is 3.46. The number of nitrogens with one attached hydrogen (secondary N) is 1. The molecule has 1 fully saturated rings. The molecule has 11 heteroatoms. The summed E-state index contributed by atoms with van der Waals surface area (Å²) in [6, 6.07) is 5.82. The number of alkyl halides is 3. The molecule has 3 aromatic rings. The van der Waals surface area contributed by atoms with Crippen LogP contribution in [0.25, 0.3) is 11.1 Å². The summed E-state index contributed by atoms with van der Waals surface area (Å²) in [5.74, 6) is -0.130. The maximum atomic E-state index is 12.9. The second-order valence-electron chi connectivity index (χ2n) is 7.50. The molecule has 1 amide bonds. The second-order valence-corrected chi connectivity index (χ2v) is 7.50. The summed E-state index contributed by atoms with van der Waals surface area (Å²) in [6.07, 6.45) is 1.28. The Labute approximate surface area is 181 Å². The van der Waals surface area contributed by atoms with Crippen LogP contribution >= 0.6 is 0 Å². The van der Waals surface area contributed by atoms with Gasteiger partial charge in [-0.2, -0.15) is 13.2 Å². The van der Waals surface area contributed by atoms with Gasteiger partial charge in [0.25, 0.3) is 0 Å². The predicted molar refractivity (Wildman–Crippen MR) is 112 cm³/mol. The summed E-state index contributed by atoms with van der Waals surface area (Å²) in [4.78, 5) is 29.6. The highest BCUT2D eigenvalue weighted by Crippen LogP contribution is 2.30. The summed E-state index contributed by atoms with van der Waals surface area (Å²) in [5, 5.41) is 2.82. The number of amides is 1. The molecule has 1 aliphatic rings. The molecule has 8 nitrogen and oxygen atoms in total. The lowest BCUT2D eigenvalue weighted by Gasteiger charge is -2.21. The Morgan fingerprint density at radius 1 is 1.16 bits per heavy atom. The van der Waals surface area contributed by atoms with Crippen LogP contribution in [0.3, 0.4) is 0 Å². The molecule has 3 N–H and O–H groups in total. The number of halogens is 3. The summed E-state index contributed by atoms with van der Waals surface area (Å²) < 4.78 is 38.7. The molecule has 1 saturated heterocycles. The van der Waals surface area contributed by atoms with Crippen LogP contribution in [0.2, 0.25) is 0 Å². The van der Waals surface area contributed by atoms with Crippen LogP contribution in [0.1, 0.15) is 24.1 Å². The van der Waals surface area contributed by atoms with Crippen molar-refractivity contribution in [2.45, 2.75) is 32.0 Å². The lowest BCUT2D eigenvalue weighted by Crippen LogP contribution is -2.41. The van der Waals surface area contributed by atoms with E-state index >= 15 is 0 Å². The van der Waals surface area contributed by atoms with Crippen LogP contribution in [0.15, 0.2) is 42.9 Å². The molecule has 0 spiro atoms. The molecule has 1 aliphatic heterocycles. The van der Waals surface area contributed by atoms with E-state index in [9.17, 15) is 18.0 Å². The van der Waals surface area contributed by atoms with E-state index in [1.165, 1.54) is 0 Å². The number of primary amides is 1. The third-order valence-corrected chi connectivity index (χ3v) is 5.09. The fourth-order valence-corrected chi connectivity index (χ4v) is 3.65. The molecule has 3 heterocycles. The first-order valence-electron chi connectivity index (χ1n) is 9.88. The minimum absolute atomic E-state index is 0.158.